The molecule has 0 bridgehead atoms. The highest BCUT2D eigenvalue weighted by Crippen LogP contribution is 2.23. The Morgan fingerprint density at radius 3 is 2.18 bits per heavy atom. The number of piperazine rings is 1. The van der Waals surface area contributed by atoms with E-state index in [1.807, 2.05) is 12.1 Å². The molecule has 2 aromatic carbocycles. The Hall–Kier alpha value is -2.40. The Balaban J connectivity index is 1.42. The van der Waals surface area contributed by atoms with E-state index in [9.17, 15) is 14.0 Å². The molecule has 0 saturated carbocycles. The Morgan fingerprint density at radius 2 is 1.46 bits per heavy atom. The van der Waals surface area contributed by atoms with Crippen molar-refractivity contribution in [2.24, 2.45) is 0 Å². The van der Waals surface area contributed by atoms with Crippen LogP contribution in [0.1, 0.15) is 44.7 Å². The van der Waals surface area contributed by atoms with Crippen molar-refractivity contribution < 1.29 is 14.0 Å². The van der Waals surface area contributed by atoms with Crippen molar-refractivity contribution in [2.75, 3.05) is 26.2 Å². The van der Waals surface area contributed by atoms with Gasteiger partial charge in [-0.2, -0.15) is 0 Å². The molecule has 2 aromatic rings. The molecule has 146 valence electrons. The summed E-state index contributed by atoms with van der Waals surface area (Å²) >= 11 is 5.89. The van der Waals surface area contributed by atoms with Crippen LogP contribution in [0.2, 0.25) is 5.02 Å². The first-order chi connectivity index (χ1) is 13.5. The number of hydrogen-bond acceptors (Lipinski definition) is 2. The summed E-state index contributed by atoms with van der Waals surface area (Å²) in [5.74, 6) is -0.975. The van der Waals surface area contributed by atoms with Gasteiger partial charge in [0, 0.05) is 36.8 Å². The van der Waals surface area contributed by atoms with Crippen molar-refractivity contribution >= 4 is 23.4 Å². The second kappa shape index (κ2) is 7.92. The van der Waals surface area contributed by atoms with Gasteiger partial charge in [-0.15, -0.1) is 0 Å². The van der Waals surface area contributed by atoms with Crippen molar-refractivity contribution in [3.05, 3.63) is 69.5 Å². The van der Waals surface area contributed by atoms with Gasteiger partial charge in [0.05, 0.1) is 5.56 Å². The summed E-state index contributed by atoms with van der Waals surface area (Å²) < 4.78 is 14.0. The molecule has 0 N–H and O–H groups in total. The third-order valence-corrected chi connectivity index (χ3v) is 5.84. The summed E-state index contributed by atoms with van der Waals surface area (Å²) in [4.78, 5) is 28.8. The van der Waals surface area contributed by atoms with E-state index in [0.717, 1.165) is 12.8 Å². The molecule has 1 heterocycles. The molecular formula is C22H22ClFN2O2. The molecular weight excluding hydrogens is 379 g/mol. The lowest BCUT2D eigenvalue weighted by atomic mass is 9.90. The normalized spacial score (nSPS) is 16.6. The van der Waals surface area contributed by atoms with Crippen molar-refractivity contribution in [3.8, 4) is 0 Å². The Morgan fingerprint density at radius 1 is 0.821 bits per heavy atom. The van der Waals surface area contributed by atoms with Crippen LogP contribution in [0.15, 0.2) is 36.4 Å². The fourth-order valence-corrected chi connectivity index (χ4v) is 4.17. The molecule has 1 aliphatic heterocycles. The van der Waals surface area contributed by atoms with Crippen molar-refractivity contribution in [3.63, 3.8) is 0 Å². The van der Waals surface area contributed by atoms with Crippen molar-refractivity contribution in [2.45, 2.75) is 25.7 Å². The molecule has 6 heteroatoms. The van der Waals surface area contributed by atoms with Gasteiger partial charge < -0.3 is 9.80 Å². The van der Waals surface area contributed by atoms with E-state index in [4.69, 9.17) is 11.6 Å². The van der Waals surface area contributed by atoms with Crippen LogP contribution in [-0.4, -0.2) is 47.8 Å². The molecule has 1 saturated heterocycles. The van der Waals surface area contributed by atoms with Gasteiger partial charge in [0.2, 0.25) is 0 Å². The highest BCUT2D eigenvalue weighted by atomic mass is 35.5. The van der Waals surface area contributed by atoms with Crippen LogP contribution in [0.3, 0.4) is 0 Å². The smallest absolute Gasteiger partial charge is 0.257 e. The lowest BCUT2D eigenvalue weighted by molar-refractivity contribution is 0.0532. The molecule has 4 rings (SSSR count). The zero-order valence-electron chi connectivity index (χ0n) is 15.6. The van der Waals surface area contributed by atoms with E-state index in [1.165, 1.54) is 42.2 Å². The van der Waals surface area contributed by atoms with Gasteiger partial charge in [0.25, 0.3) is 11.8 Å². The first-order valence-corrected chi connectivity index (χ1v) is 10.1. The van der Waals surface area contributed by atoms with Crippen LogP contribution in [-0.2, 0) is 12.8 Å². The van der Waals surface area contributed by atoms with Gasteiger partial charge in [-0.05, 0) is 67.1 Å². The zero-order chi connectivity index (χ0) is 19.7. The van der Waals surface area contributed by atoms with Crippen LogP contribution >= 0.6 is 11.6 Å². The second-order valence-corrected chi connectivity index (χ2v) is 7.84. The van der Waals surface area contributed by atoms with Crippen molar-refractivity contribution in [1.82, 2.24) is 9.80 Å². The topological polar surface area (TPSA) is 40.6 Å². The predicted octanol–water partition coefficient (Wildman–Crippen LogP) is 3.96. The van der Waals surface area contributed by atoms with Gasteiger partial charge in [0.15, 0.2) is 0 Å². The number of hydrogen-bond donors (Lipinski definition) is 0. The van der Waals surface area contributed by atoms with E-state index in [0.29, 0.717) is 36.8 Å². The fraction of sp³-hybridized carbons (Fsp3) is 0.364. The number of rotatable bonds is 2. The number of aryl methyl sites for hydroxylation is 2. The molecule has 2 aliphatic rings. The van der Waals surface area contributed by atoms with E-state index in [-0.39, 0.29) is 17.4 Å². The maximum atomic E-state index is 14.0. The minimum absolute atomic E-state index is 0.00518. The number of halogens is 2. The number of fused-ring (bicyclic) bond motifs is 1. The van der Waals surface area contributed by atoms with E-state index in [1.54, 1.807) is 9.80 Å². The summed E-state index contributed by atoms with van der Waals surface area (Å²) in [6, 6.07) is 9.97. The Bertz CT molecular complexity index is 923. The van der Waals surface area contributed by atoms with E-state index >= 15 is 0 Å². The third-order valence-electron chi connectivity index (χ3n) is 5.61. The number of nitrogens with zero attached hydrogens (tertiary/aromatic N) is 2. The quantitative estimate of drug-likeness (QED) is 0.765. The monoisotopic (exact) mass is 400 g/mol. The van der Waals surface area contributed by atoms with Crippen LogP contribution in [0.25, 0.3) is 0 Å². The molecule has 28 heavy (non-hydrogen) atoms. The molecule has 0 unspecified atom stereocenters. The minimum atomic E-state index is -0.582. The first-order valence-electron chi connectivity index (χ1n) is 9.68. The second-order valence-electron chi connectivity index (χ2n) is 7.40. The van der Waals surface area contributed by atoms with Gasteiger partial charge in [-0.25, -0.2) is 4.39 Å². The summed E-state index contributed by atoms with van der Waals surface area (Å²) in [6.07, 6.45) is 4.50. The van der Waals surface area contributed by atoms with Crippen LogP contribution in [0.4, 0.5) is 4.39 Å². The lowest BCUT2D eigenvalue weighted by Crippen LogP contribution is -2.50. The summed E-state index contributed by atoms with van der Waals surface area (Å²) in [6.45, 7) is 1.62. The Kier molecular flexibility index (Phi) is 5.36. The summed E-state index contributed by atoms with van der Waals surface area (Å²) in [5, 5.41) is 0.325. The largest absolute Gasteiger partial charge is 0.335 e. The average Bonchev–Trinajstić information content (AvgIpc) is 2.74. The molecule has 0 aromatic heterocycles. The van der Waals surface area contributed by atoms with Gasteiger partial charge >= 0.3 is 0 Å². The van der Waals surface area contributed by atoms with E-state index < -0.39 is 5.82 Å². The van der Waals surface area contributed by atoms with Gasteiger partial charge in [-0.1, -0.05) is 17.7 Å². The standard InChI is InChI=1S/C22H22ClFN2O2/c23-18-7-8-20(24)19(14-18)22(28)26-11-9-25(10-12-26)21(27)17-6-5-15-3-1-2-4-16(15)13-17/h5-8,13-14H,1-4,9-12H2. The number of carbonyl (C=O) groups excluding carboxylic acids is 2. The minimum Gasteiger partial charge on any atom is -0.335 e. The van der Waals surface area contributed by atoms with Gasteiger partial charge in [0.1, 0.15) is 5.82 Å². The maximum Gasteiger partial charge on any atom is 0.257 e. The highest BCUT2D eigenvalue weighted by Gasteiger charge is 2.27. The van der Waals surface area contributed by atoms with Crippen LogP contribution in [0, 0.1) is 5.82 Å². The van der Waals surface area contributed by atoms with E-state index in [2.05, 4.69) is 6.07 Å². The molecule has 1 fully saturated rings. The molecule has 4 nitrogen and oxygen atoms in total. The zero-order valence-corrected chi connectivity index (χ0v) is 16.3. The van der Waals surface area contributed by atoms with Crippen molar-refractivity contribution in [1.29, 1.82) is 0 Å². The summed E-state index contributed by atoms with van der Waals surface area (Å²) in [5.41, 5.74) is 3.31. The predicted molar refractivity (Wildman–Crippen MR) is 106 cm³/mol. The molecule has 0 spiro atoms. The lowest BCUT2D eigenvalue weighted by Gasteiger charge is -2.35. The molecule has 1 aliphatic carbocycles. The first kappa shape index (κ1) is 18.9. The highest BCUT2D eigenvalue weighted by molar-refractivity contribution is 6.31. The molecule has 2 amide bonds. The molecule has 0 radical (unpaired) electrons. The fourth-order valence-electron chi connectivity index (χ4n) is 3.99. The number of benzene rings is 2. The Labute approximate surface area is 168 Å². The SMILES string of the molecule is O=C(c1ccc2c(c1)CCCC2)N1CCN(C(=O)c2cc(Cl)ccc2F)CC1. The third kappa shape index (κ3) is 3.76. The number of carbonyl (C=O) groups is 2. The number of amides is 2. The van der Waals surface area contributed by atoms with Crippen LogP contribution in [0.5, 0.6) is 0 Å². The maximum absolute atomic E-state index is 14.0. The van der Waals surface area contributed by atoms with Crippen LogP contribution < -0.4 is 0 Å². The summed E-state index contributed by atoms with van der Waals surface area (Å²) in [7, 11) is 0. The average molecular weight is 401 g/mol. The van der Waals surface area contributed by atoms with Gasteiger partial charge in [-0.3, -0.25) is 9.59 Å². The molecule has 0 atom stereocenters.